The van der Waals surface area contributed by atoms with Crippen molar-refractivity contribution < 1.29 is 0 Å². The maximum Gasteiger partial charge on any atom is -0.00187 e. The number of fused-ring (bicyclic) bond motifs is 8. The van der Waals surface area contributed by atoms with Gasteiger partial charge in [0.15, 0.2) is 0 Å². The zero-order chi connectivity index (χ0) is 9.28. The minimum absolute atomic E-state index is 0.874. The Bertz CT molecular complexity index is 441. The van der Waals surface area contributed by atoms with Crippen LogP contribution in [0.5, 0.6) is 0 Å². The van der Waals surface area contributed by atoms with Crippen LogP contribution in [0.1, 0.15) is 34.9 Å². The van der Waals surface area contributed by atoms with Gasteiger partial charge in [0.1, 0.15) is 0 Å². The lowest BCUT2D eigenvalue weighted by Gasteiger charge is -2.42. The Hall–Kier alpha value is -1.04. The second-order valence-corrected chi connectivity index (χ2v) is 5.08. The van der Waals surface area contributed by atoms with E-state index in [1.807, 2.05) is 0 Å². The fourth-order valence-corrected chi connectivity index (χ4v) is 3.99. The van der Waals surface area contributed by atoms with Crippen LogP contribution < -0.4 is 0 Å². The van der Waals surface area contributed by atoms with E-state index in [0.717, 1.165) is 23.7 Å². The predicted molar refractivity (Wildman–Crippen MR) is 57.4 cm³/mol. The van der Waals surface area contributed by atoms with Crippen molar-refractivity contribution in [2.75, 3.05) is 0 Å². The molecule has 3 aliphatic rings. The van der Waals surface area contributed by atoms with Gasteiger partial charge in [-0.2, -0.15) is 0 Å². The first-order valence-electron chi connectivity index (χ1n) is 5.64. The van der Waals surface area contributed by atoms with Gasteiger partial charge in [-0.1, -0.05) is 30.4 Å². The second-order valence-electron chi connectivity index (χ2n) is 5.08. The van der Waals surface area contributed by atoms with Gasteiger partial charge in [0.2, 0.25) is 0 Å². The summed E-state index contributed by atoms with van der Waals surface area (Å²) in [6.45, 7) is 2.27. The van der Waals surface area contributed by atoms with Crippen molar-refractivity contribution in [3.05, 3.63) is 47.0 Å². The van der Waals surface area contributed by atoms with E-state index in [1.165, 1.54) is 12.0 Å². The fourth-order valence-electron chi connectivity index (χ4n) is 3.99. The molecule has 2 bridgehead atoms. The Morgan fingerprint density at radius 1 is 1.07 bits per heavy atom. The van der Waals surface area contributed by atoms with Gasteiger partial charge in [0.25, 0.3) is 0 Å². The molecule has 1 saturated carbocycles. The molecule has 4 rings (SSSR count). The number of hydrogen-bond acceptors (Lipinski definition) is 0. The molecule has 0 aliphatic heterocycles. The van der Waals surface area contributed by atoms with E-state index in [1.54, 1.807) is 11.1 Å². The van der Waals surface area contributed by atoms with E-state index in [4.69, 9.17) is 0 Å². The van der Waals surface area contributed by atoms with E-state index in [-0.39, 0.29) is 0 Å². The molecule has 0 aromatic heterocycles. The summed E-state index contributed by atoms with van der Waals surface area (Å²) < 4.78 is 0. The maximum atomic E-state index is 2.46. The fraction of sp³-hybridized carbons (Fsp3) is 0.429. The van der Waals surface area contributed by atoms with Gasteiger partial charge >= 0.3 is 0 Å². The minimum Gasteiger partial charge on any atom is -0.0845 e. The third kappa shape index (κ3) is 0.618. The van der Waals surface area contributed by atoms with Crippen LogP contribution >= 0.6 is 0 Å². The molecule has 1 aromatic rings. The minimum atomic E-state index is 0.874. The average Bonchev–Trinajstić information content (AvgIpc) is 2.68. The molecule has 1 fully saturated rings. The van der Waals surface area contributed by atoms with Gasteiger partial charge in [-0.3, -0.25) is 0 Å². The van der Waals surface area contributed by atoms with Gasteiger partial charge in [0, 0.05) is 0 Å². The molecule has 0 nitrogen and oxygen atoms in total. The van der Waals surface area contributed by atoms with E-state index < -0.39 is 0 Å². The van der Waals surface area contributed by atoms with Crippen LogP contribution in [0.3, 0.4) is 0 Å². The topological polar surface area (TPSA) is 0 Å². The second kappa shape index (κ2) is 2.13. The van der Waals surface area contributed by atoms with Crippen LogP contribution in [-0.2, 0) is 0 Å². The highest BCUT2D eigenvalue weighted by atomic mass is 14.6. The summed E-state index contributed by atoms with van der Waals surface area (Å²) in [6.07, 6.45) is 6.34. The molecule has 3 aliphatic carbocycles. The SMILES string of the molecule is Cc1cccc2c1C1C3C=CC(C3)C21. The molecule has 0 saturated heterocycles. The molecule has 0 radical (unpaired) electrons. The Morgan fingerprint density at radius 2 is 1.86 bits per heavy atom. The summed E-state index contributed by atoms with van der Waals surface area (Å²) in [5, 5.41) is 0. The highest BCUT2D eigenvalue weighted by molar-refractivity contribution is 5.54. The van der Waals surface area contributed by atoms with Crippen LogP contribution in [0.4, 0.5) is 0 Å². The van der Waals surface area contributed by atoms with Gasteiger partial charge < -0.3 is 0 Å². The van der Waals surface area contributed by atoms with E-state index in [2.05, 4.69) is 37.3 Å². The normalized spacial score (nSPS) is 40.6. The Kier molecular flexibility index (Phi) is 1.11. The Balaban J connectivity index is 1.94. The molecular weight excluding hydrogens is 168 g/mol. The van der Waals surface area contributed by atoms with Gasteiger partial charge in [0.05, 0.1) is 0 Å². The lowest BCUT2D eigenvalue weighted by molar-refractivity contribution is 0.441. The summed E-state index contributed by atoms with van der Waals surface area (Å²) in [4.78, 5) is 0. The van der Waals surface area contributed by atoms with Crippen molar-refractivity contribution in [1.29, 1.82) is 0 Å². The summed E-state index contributed by atoms with van der Waals surface area (Å²) in [7, 11) is 0. The smallest absolute Gasteiger partial charge is 0.00187 e. The number of rotatable bonds is 0. The Labute approximate surface area is 84.6 Å². The summed E-state index contributed by atoms with van der Waals surface area (Å²) in [5.74, 6) is 3.53. The van der Waals surface area contributed by atoms with Gasteiger partial charge in [-0.05, 0) is 53.7 Å². The molecule has 0 heteroatoms. The maximum absolute atomic E-state index is 2.46. The molecule has 0 heterocycles. The highest BCUT2D eigenvalue weighted by Gasteiger charge is 2.53. The standard InChI is InChI=1S/C14H14/c1-8-3-2-4-11-12(8)14-10-6-5-9(7-10)13(11)14/h2-6,9-10,13-14H,7H2,1H3. The van der Waals surface area contributed by atoms with Crippen LogP contribution in [0.2, 0.25) is 0 Å². The van der Waals surface area contributed by atoms with Crippen LogP contribution in [-0.4, -0.2) is 0 Å². The molecule has 1 aromatic carbocycles. The predicted octanol–water partition coefficient (Wildman–Crippen LogP) is 3.38. The van der Waals surface area contributed by atoms with Crippen molar-refractivity contribution in [3.63, 3.8) is 0 Å². The van der Waals surface area contributed by atoms with Gasteiger partial charge in [-0.15, -0.1) is 0 Å². The first-order valence-corrected chi connectivity index (χ1v) is 5.64. The zero-order valence-electron chi connectivity index (χ0n) is 8.40. The molecular formula is C14H14. The first-order chi connectivity index (χ1) is 6.86. The monoisotopic (exact) mass is 182 g/mol. The molecule has 0 N–H and O–H groups in total. The number of allylic oxidation sites excluding steroid dienone is 2. The molecule has 14 heavy (non-hydrogen) atoms. The van der Waals surface area contributed by atoms with Crippen molar-refractivity contribution in [2.24, 2.45) is 11.8 Å². The van der Waals surface area contributed by atoms with Crippen LogP contribution in [0.15, 0.2) is 30.4 Å². The highest BCUT2D eigenvalue weighted by Crippen LogP contribution is 2.65. The third-order valence-electron chi connectivity index (χ3n) is 4.51. The summed E-state index contributed by atoms with van der Waals surface area (Å²) >= 11 is 0. The Morgan fingerprint density at radius 3 is 2.71 bits per heavy atom. The van der Waals surface area contributed by atoms with Crippen molar-refractivity contribution >= 4 is 0 Å². The largest absolute Gasteiger partial charge is 0.0845 e. The average molecular weight is 182 g/mol. The zero-order valence-corrected chi connectivity index (χ0v) is 8.40. The number of benzene rings is 1. The molecule has 4 atom stereocenters. The summed E-state index contributed by atoms with van der Waals surface area (Å²) in [6, 6.07) is 6.84. The molecule has 0 amide bonds. The van der Waals surface area contributed by atoms with Crippen LogP contribution in [0, 0.1) is 18.8 Å². The molecule has 70 valence electrons. The van der Waals surface area contributed by atoms with E-state index >= 15 is 0 Å². The quantitative estimate of drug-likeness (QED) is 0.539. The van der Waals surface area contributed by atoms with Gasteiger partial charge in [-0.25, -0.2) is 0 Å². The first kappa shape index (κ1) is 7.28. The van der Waals surface area contributed by atoms with Crippen molar-refractivity contribution in [3.8, 4) is 0 Å². The number of hydrogen-bond donors (Lipinski definition) is 0. The van der Waals surface area contributed by atoms with E-state index in [9.17, 15) is 0 Å². The molecule has 4 unspecified atom stereocenters. The summed E-state index contributed by atoms with van der Waals surface area (Å²) in [5.41, 5.74) is 4.87. The molecule has 0 spiro atoms. The van der Waals surface area contributed by atoms with Crippen LogP contribution in [0.25, 0.3) is 0 Å². The van der Waals surface area contributed by atoms with Crippen molar-refractivity contribution in [1.82, 2.24) is 0 Å². The van der Waals surface area contributed by atoms with E-state index in [0.29, 0.717) is 0 Å². The lowest BCUT2D eigenvalue weighted by atomic mass is 9.62. The lowest BCUT2D eigenvalue weighted by Crippen LogP contribution is -2.28. The third-order valence-corrected chi connectivity index (χ3v) is 4.51. The van der Waals surface area contributed by atoms with Crippen molar-refractivity contribution in [2.45, 2.75) is 25.2 Å². The number of aryl methyl sites for hydroxylation is 1.